The lowest BCUT2D eigenvalue weighted by Gasteiger charge is -2.25. The molecule has 0 aromatic rings. The molecule has 0 rings (SSSR count). The minimum absolute atomic E-state index is 0.179. The van der Waals surface area contributed by atoms with Crippen molar-refractivity contribution < 1.29 is 42.9 Å². The van der Waals surface area contributed by atoms with Gasteiger partial charge >= 0.3 is 17.9 Å². The first-order valence-electron chi connectivity index (χ1n) is 41.9. The highest BCUT2D eigenvalue weighted by atomic mass is 16.7. The summed E-state index contributed by atoms with van der Waals surface area (Å²) in [6.07, 6.45) is 122. The maximum Gasteiger partial charge on any atom is 0.361 e. The van der Waals surface area contributed by atoms with Crippen LogP contribution in [0.4, 0.5) is 0 Å². The molecule has 0 radical (unpaired) electrons. The zero-order chi connectivity index (χ0) is 74.6. The lowest BCUT2D eigenvalue weighted by atomic mass is 10.0. The van der Waals surface area contributed by atoms with E-state index in [-0.39, 0.29) is 32.2 Å². The van der Waals surface area contributed by atoms with Crippen molar-refractivity contribution in [2.75, 3.05) is 47.5 Å². The molecule has 0 aromatic heterocycles. The van der Waals surface area contributed by atoms with E-state index in [2.05, 4.69) is 196 Å². The average molecular weight is 1430 g/mol. The first kappa shape index (κ1) is 97.4. The van der Waals surface area contributed by atoms with E-state index in [9.17, 15) is 19.5 Å². The van der Waals surface area contributed by atoms with Crippen LogP contribution in [0.2, 0.25) is 0 Å². The van der Waals surface area contributed by atoms with E-state index in [1.807, 2.05) is 21.1 Å². The molecule has 9 heteroatoms. The Balaban J connectivity index is 4.06. The van der Waals surface area contributed by atoms with Crippen LogP contribution in [0.1, 0.15) is 335 Å². The standard InChI is InChI=1S/C94H155NO8/c1-6-8-10-12-14-16-18-20-22-24-26-28-30-32-34-36-38-40-42-44-46-48-50-52-54-56-58-60-62-64-66-68-70-72-74-76-78-80-82-84-91(96)101-88-90(89-102-94(93(98)99)100-87-86-95(3,4)5)103-92(97)85-83-81-79-77-75-73-71-69-67-65-63-61-59-57-55-53-51-49-47-45-43-41-39-37-35-33-31-29-27-25-23-21-19-17-15-13-11-9-7-2/h8-11,14-17,20-23,26-29,32-35,39,41,45,47,51,53,57,59,63,65,90,94H,6-7,12-13,18-19,24-25,30-31,36-38,40,42-44,46,48-50,52,54-56,58,60-62,64,66-89H2,1-5H3/p+1/b10-8-,11-9-,16-14-,17-15-,22-20-,23-21-,28-26-,29-27-,34-32-,35-33-,41-39-,47-45-,53-51-,59-57-,65-63-. The third kappa shape index (κ3) is 83.5. The van der Waals surface area contributed by atoms with Crippen LogP contribution in [-0.4, -0.2) is 87.4 Å². The minimum Gasteiger partial charge on any atom is -0.477 e. The van der Waals surface area contributed by atoms with Crippen LogP contribution >= 0.6 is 0 Å². The number of rotatable bonds is 76. The Kier molecular flexibility index (Phi) is 77.6. The highest BCUT2D eigenvalue weighted by molar-refractivity contribution is 5.71. The summed E-state index contributed by atoms with van der Waals surface area (Å²) in [5.41, 5.74) is 0. The largest absolute Gasteiger partial charge is 0.477 e. The fraction of sp³-hybridized carbons (Fsp3) is 0.649. The van der Waals surface area contributed by atoms with Crippen LogP contribution in [0.25, 0.3) is 0 Å². The Morgan fingerprint density at radius 2 is 0.524 bits per heavy atom. The molecule has 0 spiro atoms. The number of esters is 2. The molecule has 0 aliphatic carbocycles. The van der Waals surface area contributed by atoms with Gasteiger partial charge in [-0.1, -0.05) is 369 Å². The molecule has 0 bridgehead atoms. The molecule has 2 unspecified atom stereocenters. The van der Waals surface area contributed by atoms with Gasteiger partial charge in [0, 0.05) is 12.8 Å². The van der Waals surface area contributed by atoms with Crippen LogP contribution in [0.15, 0.2) is 182 Å². The van der Waals surface area contributed by atoms with E-state index < -0.39 is 24.3 Å². The molecule has 0 aliphatic heterocycles. The second-order valence-electron chi connectivity index (χ2n) is 28.7. The molecule has 1 N–H and O–H groups in total. The molecule has 9 nitrogen and oxygen atoms in total. The fourth-order valence-electron chi connectivity index (χ4n) is 11.4. The molecular formula is C94H156NO8+. The number of unbranched alkanes of at least 4 members (excludes halogenated alkanes) is 31. The van der Waals surface area contributed by atoms with E-state index in [0.29, 0.717) is 23.9 Å². The lowest BCUT2D eigenvalue weighted by Crippen LogP contribution is -2.40. The lowest BCUT2D eigenvalue weighted by molar-refractivity contribution is -0.870. The predicted molar refractivity (Wildman–Crippen MR) is 446 cm³/mol. The average Bonchev–Trinajstić information content (AvgIpc) is 0.985. The molecule has 0 aliphatic rings. The van der Waals surface area contributed by atoms with Gasteiger partial charge in [0.15, 0.2) is 6.10 Å². The summed E-state index contributed by atoms with van der Waals surface area (Å²) in [5.74, 6) is -2.02. The van der Waals surface area contributed by atoms with Crippen molar-refractivity contribution in [2.24, 2.45) is 0 Å². The summed E-state index contributed by atoms with van der Waals surface area (Å²) in [6, 6.07) is 0. The van der Waals surface area contributed by atoms with Crippen molar-refractivity contribution in [3.8, 4) is 0 Å². The first-order valence-corrected chi connectivity index (χ1v) is 41.9. The highest BCUT2D eigenvalue weighted by Gasteiger charge is 2.25. The van der Waals surface area contributed by atoms with Crippen LogP contribution in [0, 0.1) is 0 Å². The molecule has 2 atom stereocenters. The summed E-state index contributed by atoms with van der Waals surface area (Å²) >= 11 is 0. The number of hydrogen-bond acceptors (Lipinski definition) is 7. The molecule has 0 fully saturated rings. The second-order valence-corrected chi connectivity index (χ2v) is 28.7. The number of quaternary nitrogens is 1. The third-order valence-corrected chi connectivity index (χ3v) is 17.7. The van der Waals surface area contributed by atoms with Gasteiger partial charge in [-0.2, -0.15) is 0 Å². The highest BCUT2D eigenvalue weighted by Crippen LogP contribution is 2.18. The van der Waals surface area contributed by atoms with Gasteiger partial charge in [0.2, 0.25) is 0 Å². The fourth-order valence-corrected chi connectivity index (χ4v) is 11.4. The second kappa shape index (κ2) is 82.1. The number of carbonyl (C=O) groups excluding carboxylic acids is 2. The Morgan fingerprint density at radius 3 is 0.777 bits per heavy atom. The molecule has 0 saturated carbocycles. The number of ether oxygens (including phenoxy) is 4. The quantitative estimate of drug-likeness (QED) is 0.0211. The topological polar surface area (TPSA) is 108 Å². The molecule has 584 valence electrons. The molecule has 0 amide bonds. The Morgan fingerprint density at radius 1 is 0.291 bits per heavy atom. The van der Waals surface area contributed by atoms with Gasteiger partial charge in [-0.25, -0.2) is 4.79 Å². The van der Waals surface area contributed by atoms with Crippen LogP contribution in [-0.2, 0) is 33.3 Å². The summed E-state index contributed by atoms with van der Waals surface area (Å²) in [5, 5.41) is 9.79. The summed E-state index contributed by atoms with van der Waals surface area (Å²) < 4.78 is 23.0. The number of carbonyl (C=O) groups is 3. The van der Waals surface area contributed by atoms with Gasteiger partial charge in [-0.3, -0.25) is 9.59 Å². The number of allylic oxidation sites excluding steroid dienone is 30. The van der Waals surface area contributed by atoms with Crippen molar-refractivity contribution in [3.63, 3.8) is 0 Å². The molecule has 0 aromatic carbocycles. The number of carboxylic acids is 1. The Labute approximate surface area is 634 Å². The van der Waals surface area contributed by atoms with E-state index in [1.54, 1.807) is 0 Å². The van der Waals surface area contributed by atoms with Crippen molar-refractivity contribution in [1.82, 2.24) is 0 Å². The summed E-state index contributed by atoms with van der Waals surface area (Å²) in [4.78, 5) is 37.8. The number of likely N-dealkylation sites (N-methyl/N-ethyl adjacent to an activating group) is 1. The molecular weight excluding hydrogens is 1270 g/mol. The zero-order valence-corrected chi connectivity index (χ0v) is 66.9. The van der Waals surface area contributed by atoms with E-state index >= 15 is 0 Å². The van der Waals surface area contributed by atoms with Crippen molar-refractivity contribution in [1.29, 1.82) is 0 Å². The van der Waals surface area contributed by atoms with Gasteiger partial charge in [-0.15, -0.1) is 0 Å². The van der Waals surface area contributed by atoms with Crippen LogP contribution < -0.4 is 0 Å². The van der Waals surface area contributed by atoms with Gasteiger partial charge in [0.25, 0.3) is 6.29 Å². The van der Waals surface area contributed by atoms with Crippen LogP contribution in [0.3, 0.4) is 0 Å². The summed E-state index contributed by atoms with van der Waals surface area (Å²) in [6.45, 7) is 4.65. The maximum atomic E-state index is 13.0. The van der Waals surface area contributed by atoms with Gasteiger partial charge in [-0.05, 0) is 135 Å². The predicted octanol–water partition coefficient (Wildman–Crippen LogP) is 27.5. The normalized spacial score (nSPS) is 13.6. The maximum absolute atomic E-state index is 13.0. The smallest absolute Gasteiger partial charge is 0.361 e. The third-order valence-electron chi connectivity index (χ3n) is 17.7. The monoisotopic (exact) mass is 1430 g/mol. The number of nitrogens with zero attached hydrogens (tertiary/aromatic N) is 1. The number of hydrogen-bond donors (Lipinski definition) is 1. The molecule has 0 heterocycles. The van der Waals surface area contributed by atoms with Crippen molar-refractivity contribution >= 4 is 17.9 Å². The van der Waals surface area contributed by atoms with Gasteiger partial charge in [0.05, 0.1) is 34.4 Å². The SMILES string of the molecule is CC/C=C\C/C=C\C/C=C\C/C=C\C/C=C\C/C=C\C/C=C\C/C=C\C/C=C\C/C=C\CCCCCCCCCCC(=O)OC(COC(=O)CCCCCCCCCCCCCCCCCCCCCCCCC/C=C\C/C=C\C/C=C\C/C=C\C/C=C\CC)COC(OCC[N+](C)(C)C)C(=O)O. The minimum atomic E-state index is -1.52. The zero-order valence-electron chi connectivity index (χ0n) is 66.9. The first-order chi connectivity index (χ1) is 50.6. The van der Waals surface area contributed by atoms with Crippen molar-refractivity contribution in [2.45, 2.75) is 347 Å². The van der Waals surface area contributed by atoms with Gasteiger partial charge < -0.3 is 28.5 Å². The van der Waals surface area contributed by atoms with Crippen molar-refractivity contribution in [3.05, 3.63) is 182 Å². The van der Waals surface area contributed by atoms with E-state index in [4.69, 9.17) is 18.9 Å². The molecule has 0 saturated heterocycles. The number of aliphatic carboxylic acids is 1. The Hall–Kier alpha value is -5.61. The van der Waals surface area contributed by atoms with E-state index in [1.165, 1.54) is 161 Å². The Bertz CT molecular complexity index is 2360. The van der Waals surface area contributed by atoms with Gasteiger partial charge in [0.1, 0.15) is 13.2 Å². The van der Waals surface area contributed by atoms with Crippen LogP contribution in [0.5, 0.6) is 0 Å². The van der Waals surface area contributed by atoms with E-state index in [0.717, 1.165) is 141 Å². The summed E-state index contributed by atoms with van der Waals surface area (Å²) in [7, 11) is 5.98. The number of carboxylic acid groups (broad SMARTS) is 1. The molecule has 103 heavy (non-hydrogen) atoms.